The third kappa shape index (κ3) is 3.69. The number of para-hydroxylation sites is 1. The Bertz CT molecular complexity index is 726. The molecule has 0 atom stereocenters. The average molecular weight is 363 g/mol. The summed E-state index contributed by atoms with van der Waals surface area (Å²) in [5.74, 6) is -0.402. The van der Waals surface area contributed by atoms with Gasteiger partial charge in [0.05, 0.1) is 16.2 Å². The fourth-order valence-electron chi connectivity index (χ4n) is 2.53. The molecule has 0 aliphatic carbocycles. The maximum Gasteiger partial charge on any atom is 0.494 e. The lowest BCUT2D eigenvalue weighted by atomic mass is 9.79. The lowest BCUT2D eigenvalue weighted by molar-refractivity contribution is 0.00578. The summed E-state index contributed by atoms with van der Waals surface area (Å²) in [5.41, 5.74) is 1.09. The van der Waals surface area contributed by atoms with E-state index in [2.05, 4.69) is 0 Å². The quantitative estimate of drug-likeness (QED) is 0.757. The number of hydrogen-bond acceptors (Lipinski definition) is 3. The number of benzene rings is 2. The van der Waals surface area contributed by atoms with Crippen molar-refractivity contribution < 1.29 is 18.4 Å². The van der Waals surface area contributed by atoms with Gasteiger partial charge >= 0.3 is 7.12 Å². The highest BCUT2D eigenvalue weighted by Gasteiger charge is 2.51. The Hall–Kier alpha value is -1.56. The summed E-state index contributed by atoms with van der Waals surface area (Å²) in [6.45, 7) is 8.31. The van der Waals surface area contributed by atoms with E-state index >= 15 is 0 Å². The molecule has 0 N–H and O–H groups in total. The van der Waals surface area contributed by atoms with Crippen LogP contribution in [0.4, 0.5) is 4.39 Å². The summed E-state index contributed by atoms with van der Waals surface area (Å²) in [6.07, 6.45) is 0. The molecule has 132 valence electrons. The Kier molecular flexibility index (Phi) is 4.84. The maximum absolute atomic E-state index is 13.7. The molecule has 1 saturated heterocycles. The lowest BCUT2D eigenvalue weighted by Crippen LogP contribution is -2.41. The molecule has 0 saturated carbocycles. The molecule has 0 unspecified atom stereocenters. The topological polar surface area (TPSA) is 27.7 Å². The zero-order valence-electron chi connectivity index (χ0n) is 14.8. The Labute approximate surface area is 153 Å². The highest BCUT2D eigenvalue weighted by molar-refractivity contribution is 6.62. The standard InChI is InChI=1S/C19H21BClFO3/c1-18(2)19(3,4)25-20(24-18)14-10-8-13(9-11-14)12-23-17-15(21)6-5-7-16(17)22/h5-11H,12H2,1-4H3. The Morgan fingerprint density at radius 1 is 1.00 bits per heavy atom. The Morgan fingerprint density at radius 3 is 2.16 bits per heavy atom. The monoisotopic (exact) mass is 362 g/mol. The van der Waals surface area contributed by atoms with Crippen LogP contribution in [0.15, 0.2) is 42.5 Å². The molecule has 0 spiro atoms. The van der Waals surface area contributed by atoms with E-state index in [0.717, 1.165) is 11.0 Å². The van der Waals surface area contributed by atoms with Crippen molar-refractivity contribution in [3.05, 3.63) is 58.9 Å². The van der Waals surface area contributed by atoms with Crippen molar-refractivity contribution in [2.75, 3.05) is 0 Å². The van der Waals surface area contributed by atoms with Gasteiger partial charge < -0.3 is 14.0 Å². The molecule has 1 aliphatic heterocycles. The van der Waals surface area contributed by atoms with Crippen molar-refractivity contribution in [3.8, 4) is 5.75 Å². The van der Waals surface area contributed by atoms with Gasteiger partial charge in [0.1, 0.15) is 6.61 Å². The highest BCUT2D eigenvalue weighted by Crippen LogP contribution is 2.36. The van der Waals surface area contributed by atoms with Crippen LogP contribution in [0.3, 0.4) is 0 Å². The molecule has 0 bridgehead atoms. The third-order valence-corrected chi connectivity index (χ3v) is 5.10. The van der Waals surface area contributed by atoms with Gasteiger partial charge in [-0.1, -0.05) is 41.9 Å². The molecule has 25 heavy (non-hydrogen) atoms. The highest BCUT2D eigenvalue weighted by atomic mass is 35.5. The largest absolute Gasteiger partial charge is 0.494 e. The van der Waals surface area contributed by atoms with Gasteiger partial charge in [-0.2, -0.15) is 0 Å². The van der Waals surface area contributed by atoms with Crippen LogP contribution in [0.5, 0.6) is 5.75 Å². The van der Waals surface area contributed by atoms with Gasteiger partial charge in [0, 0.05) is 0 Å². The van der Waals surface area contributed by atoms with Crippen LogP contribution in [-0.4, -0.2) is 18.3 Å². The van der Waals surface area contributed by atoms with Crippen LogP contribution in [-0.2, 0) is 15.9 Å². The van der Waals surface area contributed by atoms with Crippen LogP contribution >= 0.6 is 11.6 Å². The molecule has 3 nitrogen and oxygen atoms in total. The van der Waals surface area contributed by atoms with E-state index in [1.807, 2.05) is 52.0 Å². The predicted octanol–water partition coefficient (Wildman–Crippen LogP) is 4.36. The second-order valence-electron chi connectivity index (χ2n) is 7.17. The van der Waals surface area contributed by atoms with Gasteiger partial charge in [-0.05, 0) is 50.9 Å². The minimum Gasteiger partial charge on any atom is -0.484 e. The maximum atomic E-state index is 13.7. The molecule has 3 rings (SSSR count). The van der Waals surface area contributed by atoms with Crippen molar-refractivity contribution in [2.45, 2.75) is 45.5 Å². The molecule has 1 aliphatic rings. The summed E-state index contributed by atoms with van der Waals surface area (Å²) in [6, 6.07) is 12.2. The van der Waals surface area contributed by atoms with Gasteiger partial charge in [-0.3, -0.25) is 0 Å². The number of rotatable bonds is 4. The van der Waals surface area contributed by atoms with Crippen LogP contribution in [0.2, 0.25) is 5.02 Å². The van der Waals surface area contributed by atoms with Crippen molar-refractivity contribution in [1.29, 1.82) is 0 Å². The van der Waals surface area contributed by atoms with Crippen molar-refractivity contribution in [2.24, 2.45) is 0 Å². The summed E-state index contributed by atoms with van der Waals surface area (Å²) in [5, 5.41) is 0.258. The van der Waals surface area contributed by atoms with E-state index in [-0.39, 0.29) is 28.6 Å². The molecule has 1 heterocycles. The van der Waals surface area contributed by atoms with E-state index in [9.17, 15) is 4.39 Å². The fourth-order valence-corrected chi connectivity index (χ4v) is 2.74. The second kappa shape index (κ2) is 6.63. The van der Waals surface area contributed by atoms with Crippen LogP contribution in [0.1, 0.15) is 33.3 Å². The van der Waals surface area contributed by atoms with Gasteiger partial charge in [0.2, 0.25) is 0 Å². The molecule has 0 amide bonds. The zero-order valence-corrected chi connectivity index (χ0v) is 15.6. The molecule has 6 heteroatoms. The lowest BCUT2D eigenvalue weighted by Gasteiger charge is -2.32. The SMILES string of the molecule is CC1(C)OB(c2ccc(COc3c(F)cccc3Cl)cc2)OC1(C)C. The molecule has 2 aromatic carbocycles. The first kappa shape index (κ1) is 18.2. The van der Waals surface area contributed by atoms with Gasteiger partial charge in [-0.15, -0.1) is 0 Å². The first-order valence-electron chi connectivity index (χ1n) is 8.21. The molecule has 1 fully saturated rings. The third-order valence-electron chi connectivity index (χ3n) is 4.81. The molecule has 0 aromatic heterocycles. The van der Waals surface area contributed by atoms with Gasteiger partial charge in [0.25, 0.3) is 0 Å². The predicted molar refractivity (Wildman–Crippen MR) is 97.9 cm³/mol. The van der Waals surface area contributed by atoms with Crippen LogP contribution < -0.4 is 10.2 Å². The molecular formula is C19H21BClFO3. The molecule has 0 radical (unpaired) electrons. The molecule has 2 aromatic rings. The van der Waals surface area contributed by atoms with Gasteiger partial charge in [0.15, 0.2) is 11.6 Å². The number of ether oxygens (including phenoxy) is 1. The zero-order chi connectivity index (χ0) is 18.2. The number of hydrogen-bond donors (Lipinski definition) is 0. The summed E-state index contributed by atoms with van der Waals surface area (Å²) >= 11 is 5.96. The van der Waals surface area contributed by atoms with Crippen molar-refractivity contribution in [1.82, 2.24) is 0 Å². The minimum absolute atomic E-state index is 0.0687. The average Bonchev–Trinajstić information content (AvgIpc) is 2.75. The van der Waals surface area contributed by atoms with E-state index in [1.54, 1.807) is 12.1 Å². The van der Waals surface area contributed by atoms with Crippen LogP contribution in [0, 0.1) is 5.82 Å². The summed E-state index contributed by atoms with van der Waals surface area (Å²) < 4.78 is 31.3. The Morgan fingerprint density at radius 2 is 1.60 bits per heavy atom. The van der Waals surface area contributed by atoms with E-state index in [4.69, 9.17) is 25.6 Å². The van der Waals surface area contributed by atoms with E-state index in [0.29, 0.717) is 0 Å². The van der Waals surface area contributed by atoms with Crippen molar-refractivity contribution in [3.63, 3.8) is 0 Å². The minimum atomic E-state index is -0.471. The fraction of sp³-hybridized carbons (Fsp3) is 0.368. The molecular weight excluding hydrogens is 341 g/mol. The Balaban J connectivity index is 1.67. The summed E-state index contributed by atoms with van der Waals surface area (Å²) in [4.78, 5) is 0. The van der Waals surface area contributed by atoms with Crippen molar-refractivity contribution >= 4 is 24.2 Å². The summed E-state index contributed by atoms with van der Waals surface area (Å²) in [7, 11) is -0.402. The smallest absolute Gasteiger partial charge is 0.484 e. The first-order valence-corrected chi connectivity index (χ1v) is 8.59. The second-order valence-corrected chi connectivity index (χ2v) is 7.58. The van der Waals surface area contributed by atoms with E-state index in [1.165, 1.54) is 6.07 Å². The normalized spacial score (nSPS) is 18.4. The van der Waals surface area contributed by atoms with E-state index < -0.39 is 12.9 Å². The van der Waals surface area contributed by atoms with Crippen LogP contribution in [0.25, 0.3) is 0 Å². The first-order chi connectivity index (χ1) is 11.7. The van der Waals surface area contributed by atoms with Gasteiger partial charge in [-0.25, -0.2) is 4.39 Å². The number of halogens is 2.